The maximum Gasteiger partial charge on any atom is 0.340 e. The summed E-state index contributed by atoms with van der Waals surface area (Å²) in [7, 11) is 0. The van der Waals surface area contributed by atoms with Gasteiger partial charge < -0.3 is 10.2 Å². The van der Waals surface area contributed by atoms with Crippen LogP contribution in [0, 0.1) is 5.41 Å². The van der Waals surface area contributed by atoms with Crippen LogP contribution in [0.3, 0.4) is 0 Å². The molecule has 0 atom stereocenters. The SMILES string of the molecule is CC(C)(C)NC(=O)/C(=N/OC(=O)C(C)(C)C)C1=CCCCC1. The normalized spacial score (nSPS) is 16.8. The Kier molecular flexibility index (Phi) is 5.92. The van der Waals surface area contributed by atoms with Gasteiger partial charge in [-0.05, 0) is 72.8 Å². The highest BCUT2D eigenvalue weighted by atomic mass is 16.7. The standard InChI is InChI=1S/C17H28N2O3/c1-16(2,3)15(21)22-19-13(12-10-8-7-9-11-12)14(20)18-17(4,5)6/h10H,7-9,11H2,1-6H3,(H,18,20)/b19-13+. The van der Waals surface area contributed by atoms with Crippen molar-refractivity contribution in [3.05, 3.63) is 11.6 Å². The van der Waals surface area contributed by atoms with Crippen LogP contribution in [-0.4, -0.2) is 23.1 Å². The summed E-state index contributed by atoms with van der Waals surface area (Å²) in [5.41, 5.74) is 0.0407. The van der Waals surface area contributed by atoms with E-state index in [2.05, 4.69) is 10.5 Å². The highest BCUT2D eigenvalue weighted by Gasteiger charge is 2.27. The number of hydrogen-bond acceptors (Lipinski definition) is 4. The second-order valence-electron chi connectivity index (χ2n) is 7.75. The Morgan fingerprint density at radius 2 is 1.77 bits per heavy atom. The van der Waals surface area contributed by atoms with E-state index in [0.29, 0.717) is 0 Å². The molecule has 0 aromatic rings. The minimum atomic E-state index is -0.657. The summed E-state index contributed by atoms with van der Waals surface area (Å²) in [6, 6.07) is 0. The summed E-state index contributed by atoms with van der Waals surface area (Å²) in [4.78, 5) is 29.3. The monoisotopic (exact) mass is 308 g/mol. The van der Waals surface area contributed by atoms with Crippen LogP contribution < -0.4 is 5.32 Å². The van der Waals surface area contributed by atoms with E-state index in [-0.39, 0.29) is 17.2 Å². The molecule has 0 unspecified atom stereocenters. The van der Waals surface area contributed by atoms with Gasteiger partial charge in [-0.15, -0.1) is 0 Å². The molecular weight excluding hydrogens is 280 g/mol. The first kappa shape index (κ1) is 18.4. The molecular formula is C17H28N2O3. The van der Waals surface area contributed by atoms with E-state index in [1.165, 1.54) is 0 Å². The van der Waals surface area contributed by atoms with Crippen LogP contribution in [0.15, 0.2) is 16.8 Å². The van der Waals surface area contributed by atoms with Gasteiger partial charge in [0, 0.05) is 5.54 Å². The van der Waals surface area contributed by atoms with Crippen LogP contribution >= 0.6 is 0 Å². The predicted molar refractivity (Wildman–Crippen MR) is 87.4 cm³/mol. The number of amides is 1. The smallest absolute Gasteiger partial charge is 0.340 e. The van der Waals surface area contributed by atoms with Crippen LogP contribution in [-0.2, 0) is 14.4 Å². The van der Waals surface area contributed by atoms with Crippen molar-refractivity contribution in [2.24, 2.45) is 10.6 Å². The molecule has 5 heteroatoms. The Labute approximate surface area is 133 Å². The van der Waals surface area contributed by atoms with Gasteiger partial charge in [-0.3, -0.25) is 4.79 Å². The van der Waals surface area contributed by atoms with Gasteiger partial charge in [0.25, 0.3) is 5.91 Å². The van der Waals surface area contributed by atoms with Crippen LogP contribution in [0.25, 0.3) is 0 Å². The molecule has 0 saturated carbocycles. The lowest BCUT2D eigenvalue weighted by atomic mass is 9.95. The van der Waals surface area contributed by atoms with Crippen molar-refractivity contribution >= 4 is 17.6 Å². The second kappa shape index (κ2) is 7.07. The first-order valence-electron chi connectivity index (χ1n) is 7.82. The number of carbonyl (C=O) groups excluding carboxylic acids is 2. The van der Waals surface area contributed by atoms with E-state index in [1.807, 2.05) is 26.8 Å². The van der Waals surface area contributed by atoms with Crippen molar-refractivity contribution in [1.29, 1.82) is 0 Å². The molecule has 1 N–H and O–H groups in total. The lowest BCUT2D eigenvalue weighted by molar-refractivity contribution is -0.152. The molecule has 0 saturated heterocycles. The maximum atomic E-state index is 12.4. The van der Waals surface area contributed by atoms with E-state index < -0.39 is 11.4 Å². The van der Waals surface area contributed by atoms with Gasteiger partial charge in [-0.2, -0.15) is 0 Å². The molecule has 0 radical (unpaired) electrons. The molecule has 0 spiro atoms. The Balaban J connectivity index is 2.98. The number of carbonyl (C=O) groups is 2. The third-order valence-electron chi connectivity index (χ3n) is 3.13. The number of nitrogens with one attached hydrogen (secondary N) is 1. The molecule has 1 rings (SSSR count). The Hall–Kier alpha value is -1.65. The third kappa shape index (κ3) is 6.00. The average molecular weight is 308 g/mol. The van der Waals surface area contributed by atoms with Crippen molar-refractivity contribution in [2.45, 2.75) is 72.8 Å². The van der Waals surface area contributed by atoms with Gasteiger partial charge in [-0.25, -0.2) is 4.79 Å². The third-order valence-corrected chi connectivity index (χ3v) is 3.13. The van der Waals surface area contributed by atoms with Gasteiger partial charge in [0.05, 0.1) is 5.41 Å². The van der Waals surface area contributed by atoms with Gasteiger partial charge in [0.2, 0.25) is 0 Å². The molecule has 124 valence electrons. The van der Waals surface area contributed by atoms with Crippen molar-refractivity contribution in [2.75, 3.05) is 0 Å². The quantitative estimate of drug-likeness (QED) is 0.494. The van der Waals surface area contributed by atoms with Crippen molar-refractivity contribution in [3.63, 3.8) is 0 Å². The predicted octanol–water partition coefficient (Wildman–Crippen LogP) is 3.35. The molecule has 0 fully saturated rings. The number of hydrogen-bond donors (Lipinski definition) is 1. The van der Waals surface area contributed by atoms with E-state index >= 15 is 0 Å². The first-order chi connectivity index (χ1) is 10.0. The molecule has 22 heavy (non-hydrogen) atoms. The summed E-state index contributed by atoms with van der Waals surface area (Å²) < 4.78 is 0. The Bertz CT molecular complexity index is 491. The van der Waals surface area contributed by atoms with Gasteiger partial charge in [0.15, 0.2) is 5.71 Å². The second-order valence-corrected chi connectivity index (χ2v) is 7.75. The number of oxime groups is 1. The molecule has 1 amide bonds. The summed E-state index contributed by atoms with van der Waals surface area (Å²) in [5, 5.41) is 6.76. The van der Waals surface area contributed by atoms with Gasteiger partial charge in [0.1, 0.15) is 0 Å². The van der Waals surface area contributed by atoms with Crippen LogP contribution in [0.4, 0.5) is 0 Å². The zero-order valence-electron chi connectivity index (χ0n) is 14.6. The summed E-state index contributed by atoms with van der Waals surface area (Å²) in [5.74, 6) is -0.757. The van der Waals surface area contributed by atoms with Crippen LogP contribution in [0.2, 0.25) is 0 Å². The zero-order chi connectivity index (χ0) is 17.0. The lowest BCUT2D eigenvalue weighted by Gasteiger charge is -2.22. The van der Waals surface area contributed by atoms with Gasteiger partial charge in [-0.1, -0.05) is 11.2 Å². The van der Waals surface area contributed by atoms with E-state index in [4.69, 9.17) is 4.84 Å². The average Bonchev–Trinajstić information content (AvgIpc) is 2.36. The van der Waals surface area contributed by atoms with Crippen LogP contribution in [0.1, 0.15) is 67.2 Å². The van der Waals surface area contributed by atoms with Crippen LogP contribution in [0.5, 0.6) is 0 Å². The van der Waals surface area contributed by atoms with Crippen molar-refractivity contribution in [3.8, 4) is 0 Å². The van der Waals surface area contributed by atoms with Crippen molar-refractivity contribution in [1.82, 2.24) is 5.32 Å². The van der Waals surface area contributed by atoms with E-state index in [0.717, 1.165) is 31.3 Å². The molecule has 1 aliphatic rings. The minimum Gasteiger partial charge on any atom is -0.346 e. The fraction of sp³-hybridized carbons (Fsp3) is 0.706. The van der Waals surface area contributed by atoms with Gasteiger partial charge >= 0.3 is 5.97 Å². The zero-order valence-corrected chi connectivity index (χ0v) is 14.6. The number of rotatable bonds is 3. The Morgan fingerprint density at radius 3 is 2.23 bits per heavy atom. The highest BCUT2D eigenvalue weighted by Crippen LogP contribution is 2.20. The highest BCUT2D eigenvalue weighted by molar-refractivity contribution is 6.45. The number of allylic oxidation sites excluding steroid dienone is 1. The molecule has 0 heterocycles. The molecule has 1 aliphatic carbocycles. The fourth-order valence-electron chi connectivity index (χ4n) is 1.92. The maximum absolute atomic E-state index is 12.4. The lowest BCUT2D eigenvalue weighted by Crippen LogP contribution is -2.45. The number of nitrogens with zero attached hydrogens (tertiary/aromatic N) is 1. The molecule has 0 aliphatic heterocycles. The Morgan fingerprint density at radius 1 is 1.14 bits per heavy atom. The topological polar surface area (TPSA) is 67.8 Å². The van der Waals surface area contributed by atoms with Crippen molar-refractivity contribution < 1.29 is 14.4 Å². The summed E-state index contributed by atoms with van der Waals surface area (Å²) in [6.45, 7) is 11.0. The fourth-order valence-corrected chi connectivity index (χ4v) is 1.92. The molecule has 5 nitrogen and oxygen atoms in total. The first-order valence-corrected chi connectivity index (χ1v) is 7.82. The molecule has 0 bridgehead atoms. The molecule has 0 aromatic heterocycles. The van der Waals surface area contributed by atoms with E-state index in [9.17, 15) is 9.59 Å². The minimum absolute atomic E-state index is 0.215. The summed E-state index contributed by atoms with van der Waals surface area (Å²) >= 11 is 0. The van der Waals surface area contributed by atoms with E-state index in [1.54, 1.807) is 20.8 Å². The molecule has 0 aromatic carbocycles. The largest absolute Gasteiger partial charge is 0.346 e. The summed E-state index contributed by atoms with van der Waals surface area (Å²) in [6.07, 6.45) is 5.84.